The van der Waals surface area contributed by atoms with E-state index in [0.29, 0.717) is 17.7 Å². The average molecular weight is 341 g/mol. The Balaban J connectivity index is 1.62. The first-order chi connectivity index (χ1) is 12.0. The molecule has 1 aliphatic heterocycles. The summed E-state index contributed by atoms with van der Waals surface area (Å²) in [5, 5.41) is 0. The molecule has 0 fully saturated rings. The summed E-state index contributed by atoms with van der Waals surface area (Å²) in [4.78, 5) is 4.33. The van der Waals surface area contributed by atoms with Crippen LogP contribution in [0.2, 0.25) is 0 Å². The standard InChI is InChI=1S/C20H14F3NO/c21-20(22,23)16-7-8-18-15(11-16)12-19(25-18)14-5-3-4-13(10-14)17-6-1-2-9-24-17/h1-11,19H,12H2. The zero-order valence-corrected chi connectivity index (χ0v) is 13.1. The summed E-state index contributed by atoms with van der Waals surface area (Å²) in [6, 6.07) is 17.1. The van der Waals surface area contributed by atoms with E-state index in [-0.39, 0.29) is 6.10 Å². The molecule has 25 heavy (non-hydrogen) atoms. The maximum Gasteiger partial charge on any atom is 0.416 e. The summed E-state index contributed by atoms with van der Waals surface area (Å²) >= 11 is 0. The zero-order chi connectivity index (χ0) is 17.4. The Morgan fingerprint density at radius 3 is 2.60 bits per heavy atom. The molecule has 0 saturated carbocycles. The first-order valence-electron chi connectivity index (χ1n) is 7.89. The minimum absolute atomic E-state index is 0.290. The van der Waals surface area contributed by atoms with Crippen molar-refractivity contribution in [2.75, 3.05) is 0 Å². The number of rotatable bonds is 2. The summed E-state index contributed by atoms with van der Waals surface area (Å²) in [7, 11) is 0. The van der Waals surface area contributed by atoms with E-state index in [1.807, 2.05) is 42.5 Å². The van der Waals surface area contributed by atoms with Crippen molar-refractivity contribution in [3.05, 3.63) is 83.6 Å². The SMILES string of the molecule is FC(F)(F)c1ccc2c(c1)CC(c1cccc(-c3ccccn3)c1)O2. The number of hydrogen-bond acceptors (Lipinski definition) is 2. The largest absolute Gasteiger partial charge is 0.485 e. The molecule has 2 nitrogen and oxygen atoms in total. The van der Waals surface area contributed by atoms with Crippen molar-refractivity contribution < 1.29 is 17.9 Å². The lowest BCUT2D eigenvalue weighted by Crippen LogP contribution is -2.04. The highest BCUT2D eigenvalue weighted by molar-refractivity contribution is 5.60. The first-order valence-corrected chi connectivity index (χ1v) is 7.89. The summed E-state index contributed by atoms with van der Waals surface area (Å²) in [5.41, 5.74) is 2.67. The van der Waals surface area contributed by atoms with E-state index in [4.69, 9.17) is 4.74 Å². The van der Waals surface area contributed by atoms with Crippen LogP contribution >= 0.6 is 0 Å². The second-order valence-corrected chi connectivity index (χ2v) is 5.97. The molecule has 4 rings (SSSR count). The molecular formula is C20H14F3NO. The van der Waals surface area contributed by atoms with Gasteiger partial charge >= 0.3 is 6.18 Å². The van der Waals surface area contributed by atoms with Crippen LogP contribution in [-0.4, -0.2) is 4.98 Å². The third-order valence-electron chi connectivity index (χ3n) is 4.28. The molecular weight excluding hydrogens is 327 g/mol. The smallest absolute Gasteiger partial charge is 0.416 e. The van der Waals surface area contributed by atoms with Crippen LogP contribution in [0.1, 0.15) is 22.8 Å². The lowest BCUT2D eigenvalue weighted by molar-refractivity contribution is -0.137. The number of hydrogen-bond donors (Lipinski definition) is 0. The molecule has 2 heterocycles. The molecule has 5 heteroatoms. The van der Waals surface area contributed by atoms with Crippen LogP contribution in [0.3, 0.4) is 0 Å². The van der Waals surface area contributed by atoms with E-state index in [2.05, 4.69) is 4.98 Å². The van der Waals surface area contributed by atoms with Crippen LogP contribution in [-0.2, 0) is 12.6 Å². The second kappa shape index (κ2) is 5.92. The highest BCUT2D eigenvalue weighted by Crippen LogP contribution is 2.40. The van der Waals surface area contributed by atoms with E-state index in [0.717, 1.165) is 22.9 Å². The van der Waals surface area contributed by atoms with Gasteiger partial charge in [0.25, 0.3) is 0 Å². The number of benzene rings is 2. The number of aromatic nitrogens is 1. The molecule has 0 spiro atoms. The van der Waals surface area contributed by atoms with Gasteiger partial charge in [0.05, 0.1) is 11.3 Å². The monoisotopic (exact) mass is 341 g/mol. The van der Waals surface area contributed by atoms with Crippen molar-refractivity contribution in [1.29, 1.82) is 0 Å². The van der Waals surface area contributed by atoms with Crippen molar-refractivity contribution in [1.82, 2.24) is 4.98 Å². The molecule has 0 N–H and O–H groups in total. The molecule has 1 unspecified atom stereocenters. The van der Waals surface area contributed by atoms with Gasteiger partial charge in [0, 0.05) is 18.2 Å². The van der Waals surface area contributed by atoms with Crippen LogP contribution in [0.25, 0.3) is 11.3 Å². The predicted molar refractivity (Wildman–Crippen MR) is 88.2 cm³/mol. The number of ether oxygens (including phenoxy) is 1. The quantitative estimate of drug-likeness (QED) is 0.619. The molecule has 0 saturated heterocycles. The topological polar surface area (TPSA) is 22.1 Å². The first kappa shape index (κ1) is 15.7. The normalized spacial score (nSPS) is 16.4. The fourth-order valence-electron chi connectivity index (χ4n) is 3.04. The van der Waals surface area contributed by atoms with Gasteiger partial charge in [-0.2, -0.15) is 13.2 Å². The Hall–Kier alpha value is -2.82. The van der Waals surface area contributed by atoms with E-state index >= 15 is 0 Å². The van der Waals surface area contributed by atoms with Gasteiger partial charge in [0.2, 0.25) is 0 Å². The van der Waals surface area contributed by atoms with Gasteiger partial charge in [-0.1, -0.05) is 24.3 Å². The zero-order valence-electron chi connectivity index (χ0n) is 13.1. The number of fused-ring (bicyclic) bond motifs is 1. The molecule has 0 aliphatic carbocycles. The maximum atomic E-state index is 12.9. The Morgan fingerprint density at radius 2 is 1.84 bits per heavy atom. The molecule has 1 aromatic heterocycles. The summed E-state index contributed by atoms with van der Waals surface area (Å²) in [6.07, 6.45) is -2.48. The van der Waals surface area contributed by atoms with E-state index in [1.54, 1.807) is 6.20 Å². The van der Waals surface area contributed by atoms with Gasteiger partial charge in [0.1, 0.15) is 11.9 Å². The van der Waals surface area contributed by atoms with Crippen LogP contribution in [0.15, 0.2) is 66.9 Å². The molecule has 3 aromatic rings. The van der Waals surface area contributed by atoms with Crippen molar-refractivity contribution >= 4 is 0 Å². The summed E-state index contributed by atoms with van der Waals surface area (Å²) in [6.45, 7) is 0. The minimum atomic E-state index is -4.34. The third-order valence-corrected chi connectivity index (χ3v) is 4.28. The van der Waals surface area contributed by atoms with Gasteiger partial charge in [-0.3, -0.25) is 4.98 Å². The Kier molecular flexibility index (Phi) is 3.71. The fourth-order valence-corrected chi connectivity index (χ4v) is 3.04. The molecule has 1 aliphatic rings. The molecule has 0 amide bonds. The van der Waals surface area contributed by atoms with Crippen molar-refractivity contribution in [2.45, 2.75) is 18.7 Å². The highest BCUT2D eigenvalue weighted by Gasteiger charge is 2.33. The van der Waals surface area contributed by atoms with Crippen molar-refractivity contribution in [3.8, 4) is 17.0 Å². The highest BCUT2D eigenvalue weighted by atomic mass is 19.4. The summed E-state index contributed by atoms with van der Waals surface area (Å²) in [5.74, 6) is 0.515. The number of pyridine rings is 1. The number of alkyl halides is 3. The van der Waals surface area contributed by atoms with E-state index in [1.165, 1.54) is 12.1 Å². The van der Waals surface area contributed by atoms with E-state index < -0.39 is 11.7 Å². The molecule has 126 valence electrons. The molecule has 1 atom stereocenters. The molecule has 0 bridgehead atoms. The van der Waals surface area contributed by atoms with Gasteiger partial charge in [-0.15, -0.1) is 0 Å². The molecule has 0 radical (unpaired) electrons. The Labute approximate surface area is 142 Å². The second-order valence-electron chi connectivity index (χ2n) is 5.97. The minimum Gasteiger partial charge on any atom is -0.485 e. The van der Waals surface area contributed by atoms with Crippen LogP contribution in [0.4, 0.5) is 13.2 Å². The van der Waals surface area contributed by atoms with Crippen LogP contribution in [0, 0.1) is 0 Å². The van der Waals surface area contributed by atoms with Crippen molar-refractivity contribution in [3.63, 3.8) is 0 Å². The van der Waals surface area contributed by atoms with Gasteiger partial charge in [-0.25, -0.2) is 0 Å². The van der Waals surface area contributed by atoms with Gasteiger partial charge in [-0.05, 0) is 47.5 Å². The van der Waals surface area contributed by atoms with Crippen LogP contribution < -0.4 is 4.74 Å². The number of nitrogens with zero attached hydrogens (tertiary/aromatic N) is 1. The van der Waals surface area contributed by atoms with E-state index in [9.17, 15) is 13.2 Å². The van der Waals surface area contributed by atoms with Gasteiger partial charge in [0.15, 0.2) is 0 Å². The summed E-state index contributed by atoms with van der Waals surface area (Å²) < 4.78 is 44.5. The maximum absolute atomic E-state index is 12.9. The lowest BCUT2D eigenvalue weighted by atomic mass is 9.99. The number of halogens is 3. The molecule has 2 aromatic carbocycles. The van der Waals surface area contributed by atoms with Crippen molar-refractivity contribution in [2.24, 2.45) is 0 Å². The average Bonchev–Trinajstić information content (AvgIpc) is 3.05. The predicted octanol–water partition coefficient (Wildman–Crippen LogP) is 5.44. The van der Waals surface area contributed by atoms with Gasteiger partial charge < -0.3 is 4.74 Å². The lowest BCUT2D eigenvalue weighted by Gasteiger charge is -2.12. The van der Waals surface area contributed by atoms with Crippen LogP contribution in [0.5, 0.6) is 5.75 Å². The Morgan fingerprint density at radius 1 is 0.960 bits per heavy atom. The third kappa shape index (κ3) is 3.09. The Bertz CT molecular complexity index is 906. The fraction of sp³-hybridized carbons (Fsp3) is 0.150.